The van der Waals surface area contributed by atoms with Crippen LogP contribution in [0.25, 0.3) is 10.4 Å². The second-order valence-corrected chi connectivity index (χ2v) is 8.39. The number of nitrogens with zero attached hydrogens (tertiary/aromatic N) is 1. The standard InChI is InChI=1S/C20H22N2OS/c23-20(21-17-12-22-9-7-14(17)8-10-22)18-11-15-6-5-13-3-1-2-4-16(13)19(15)24-18/h1-4,11,14,17H,5-10,12H2,(H,21,23). The summed E-state index contributed by atoms with van der Waals surface area (Å²) in [4.78, 5) is 17.5. The molecule has 3 fully saturated rings. The number of fused-ring (bicyclic) bond motifs is 6. The van der Waals surface area contributed by atoms with Crippen LogP contribution < -0.4 is 5.32 Å². The maximum atomic E-state index is 12.8. The molecule has 2 aromatic rings. The Morgan fingerprint density at radius 2 is 1.92 bits per heavy atom. The molecule has 3 saturated heterocycles. The molecule has 1 aromatic carbocycles. The first kappa shape index (κ1) is 14.7. The Hall–Kier alpha value is -1.65. The van der Waals surface area contributed by atoms with Gasteiger partial charge >= 0.3 is 0 Å². The highest BCUT2D eigenvalue weighted by atomic mass is 32.1. The number of nitrogens with one attached hydrogen (secondary N) is 1. The molecular formula is C20H22N2OS. The van der Waals surface area contributed by atoms with E-state index in [0.717, 1.165) is 24.3 Å². The molecule has 4 heteroatoms. The van der Waals surface area contributed by atoms with Gasteiger partial charge in [0, 0.05) is 17.5 Å². The van der Waals surface area contributed by atoms with Gasteiger partial charge in [-0.2, -0.15) is 0 Å². The first-order valence-corrected chi connectivity index (χ1v) is 9.84. The summed E-state index contributed by atoms with van der Waals surface area (Å²) >= 11 is 1.67. The van der Waals surface area contributed by atoms with Crippen LogP contribution in [0.1, 0.15) is 33.6 Å². The average molecular weight is 338 g/mol. The largest absolute Gasteiger partial charge is 0.347 e. The molecule has 4 aliphatic rings. The monoisotopic (exact) mass is 338 g/mol. The summed E-state index contributed by atoms with van der Waals surface area (Å²) in [6, 6.07) is 11.1. The van der Waals surface area contributed by atoms with Crippen molar-refractivity contribution in [3.63, 3.8) is 0 Å². The van der Waals surface area contributed by atoms with Crippen LogP contribution in [0.5, 0.6) is 0 Å². The second kappa shape index (κ2) is 5.71. The molecule has 0 radical (unpaired) electrons. The molecule has 1 amide bonds. The zero-order chi connectivity index (χ0) is 16.1. The van der Waals surface area contributed by atoms with Crippen LogP contribution >= 0.6 is 11.3 Å². The lowest BCUT2D eigenvalue weighted by Crippen LogP contribution is -2.57. The summed E-state index contributed by atoms with van der Waals surface area (Å²) in [6.45, 7) is 3.45. The Labute approximate surface area is 146 Å². The fourth-order valence-corrected chi connectivity index (χ4v) is 5.73. The van der Waals surface area contributed by atoms with Crippen molar-refractivity contribution in [1.82, 2.24) is 10.2 Å². The lowest BCUT2D eigenvalue weighted by atomic mass is 9.84. The zero-order valence-electron chi connectivity index (χ0n) is 13.8. The minimum Gasteiger partial charge on any atom is -0.347 e. The van der Waals surface area contributed by atoms with E-state index in [1.54, 1.807) is 11.3 Å². The van der Waals surface area contributed by atoms with Gasteiger partial charge in [-0.1, -0.05) is 24.3 Å². The Balaban J connectivity index is 1.39. The van der Waals surface area contributed by atoms with Crippen molar-refractivity contribution >= 4 is 17.2 Å². The topological polar surface area (TPSA) is 32.3 Å². The number of hydrogen-bond acceptors (Lipinski definition) is 3. The SMILES string of the molecule is O=C(NC1CN2CCC1CC2)c1cc2c(s1)-c1ccccc1CC2. The number of piperidine rings is 3. The third kappa shape index (κ3) is 2.40. The van der Waals surface area contributed by atoms with Crippen molar-refractivity contribution in [3.8, 4) is 10.4 Å². The van der Waals surface area contributed by atoms with Gasteiger partial charge in [0.2, 0.25) is 0 Å². The number of thiophene rings is 1. The van der Waals surface area contributed by atoms with Gasteiger partial charge in [0.1, 0.15) is 0 Å². The number of hydrogen-bond donors (Lipinski definition) is 1. The molecule has 124 valence electrons. The van der Waals surface area contributed by atoms with E-state index in [4.69, 9.17) is 0 Å². The maximum absolute atomic E-state index is 12.8. The number of aryl methyl sites for hydroxylation is 2. The van der Waals surface area contributed by atoms with E-state index in [2.05, 4.69) is 40.5 Å². The normalized spacial score (nSPS) is 27.4. The van der Waals surface area contributed by atoms with Gasteiger partial charge in [-0.3, -0.25) is 4.79 Å². The Kier molecular flexibility index (Phi) is 3.49. The van der Waals surface area contributed by atoms with E-state index in [1.165, 1.54) is 47.5 Å². The average Bonchev–Trinajstić information content (AvgIpc) is 3.08. The summed E-state index contributed by atoms with van der Waals surface area (Å²) in [5.74, 6) is 0.805. The summed E-state index contributed by atoms with van der Waals surface area (Å²) in [7, 11) is 0. The van der Waals surface area contributed by atoms with Crippen LogP contribution in [0.3, 0.4) is 0 Å². The lowest BCUT2D eigenvalue weighted by molar-refractivity contribution is 0.0622. The molecule has 24 heavy (non-hydrogen) atoms. The van der Waals surface area contributed by atoms with Gasteiger partial charge in [0.25, 0.3) is 5.91 Å². The molecule has 0 spiro atoms. The zero-order valence-corrected chi connectivity index (χ0v) is 14.6. The second-order valence-electron chi connectivity index (χ2n) is 7.34. The van der Waals surface area contributed by atoms with Crippen LogP contribution in [0.15, 0.2) is 30.3 Å². The van der Waals surface area contributed by atoms with Crippen molar-refractivity contribution in [2.75, 3.05) is 19.6 Å². The summed E-state index contributed by atoms with van der Waals surface area (Å²) in [6.07, 6.45) is 4.61. The minimum atomic E-state index is 0.130. The number of carbonyl (C=O) groups excluding carboxylic acids is 1. The third-order valence-corrected chi connectivity index (χ3v) is 7.14. The maximum Gasteiger partial charge on any atom is 0.261 e. The minimum absolute atomic E-state index is 0.130. The molecule has 2 bridgehead atoms. The van der Waals surface area contributed by atoms with Crippen molar-refractivity contribution in [1.29, 1.82) is 0 Å². The Morgan fingerprint density at radius 1 is 1.12 bits per heavy atom. The van der Waals surface area contributed by atoms with Gasteiger partial charge in [0.15, 0.2) is 0 Å². The highest BCUT2D eigenvalue weighted by Gasteiger charge is 2.35. The quantitative estimate of drug-likeness (QED) is 0.911. The van der Waals surface area contributed by atoms with E-state index >= 15 is 0 Å². The molecular weight excluding hydrogens is 316 g/mol. The van der Waals surface area contributed by atoms with Crippen molar-refractivity contribution in [2.45, 2.75) is 31.7 Å². The van der Waals surface area contributed by atoms with Gasteiger partial charge < -0.3 is 10.2 Å². The molecule has 3 nitrogen and oxygen atoms in total. The number of carbonyl (C=O) groups is 1. The van der Waals surface area contributed by atoms with Gasteiger partial charge in [0.05, 0.1) is 4.88 Å². The number of benzene rings is 1. The molecule has 3 aliphatic heterocycles. The third-order valence-electron chi connectivity index (χ3n) is 5.93. The Bertz CT molecular complexity index is 789. The predicted octanol–water partition coefficient (Wildman–Crippen LogP) is 3.34. The lowest BCUT2D eigenvalue weighted by Gasteiger charge is -2.44. The van der Waals surface area contributed by atoms with E-state index in [0.29, 0.717) is 12.0 Å². The van der Waals surface area contributed by atoms with E-state index in [9.17, 15) is 4.79 Å². The van der Waals surface area contributed by atoms with Crippen molar-refractivity contribution in [3.05, 3.63) is 46.3 Å². The number of rotatable bonds is 2. The van der Waals surface area contributed by atoms with Crippen LogP contribution in [-0.2, 0) is 12.8 Å². The van der Waals surface area contributed by atoms with Gasteiger partial charge in [-0.25, -0.2) is 0 Å². The molecule has 4 heterocycles. The van der Waals surface area contributed by atoms with Gasteiger partial charge in [-0.05, 0) is 67.4 Å². The molecule has 1 N–H and O–H groups in total. The summed E-state index contributed by atoms with van der Waals surface area (Å²) in [5.41, 5.74) is 4.08. The molecule has 0 saturated carbocycles. The summed E-state index contributed by atoms with van der Waals surface area (Å²) < 4.78 is 0. The number of amides is 1. The molecule has 1 unspecified atom stereocenters. The van der Waals surface area contributed by atoms with Crippen LogP contribution in [0, 0.1) is 5.92 Å². The first-order chi connectivity index (χ1) is 11.8. The fraction of sp³-hybridized carbons (Fsp3) is 0.450. The van der Waals surface area contributed by atoms with Crippen LogP contribution in [0.2, 0.25) is 0 Å². The first-order valence-electron chi connectivity index (χ1n) is 9.02. The van der Waals surface area contributed by atoms with Crippen molar-refractivity contribution < 1.29 is 4.79 Å². The molecule has 6 rings (SSSR count). The fourth-order valence-electron chi connectivity index (χ4n) is 4.55. The van der Waals surface area contributed by atoms with Gasteiger partial charge in [-0.15, -0.1) is 11.3 Å². The van der Waals surface area contributed by atoms with E-state index in [1.807, 2.05) is 0 Å². The molecule has 1 aliphatic carbocycles. The summed E-state index contributed by atoms with van der Waals surface area (Å²) in [5, 5.41) is 3.33. The molecule has 1 aromatic heterocycles. The van der Waals surface area contributed by atoms with Crippen molar-refractivity contribution in [2.24, 2.45) is 5.92 Å². The Morgan fingerprint density at radius 3 is 2.71 bits per heavy atom. The predicted molar refractivity (Wildman–Crippen MR) is 97.6 cm³/mol. The highest BCUT2D eigenvalue weighted by molar-refractivity contribution is 7.17. The van der Waals surface area contributed by atoms with Crippen LogP contribution in [-0.4, -0.2) is 36.5 Å². The molecule has 1 atom stereocenters. The highest BCUT2D eigenvalue weighted by Crippen LogP contribution is 2.39. The van der Waals surface area contributed by atoms with Crippen LogP contribution in [0.4, 0.5) is 0 Å². The van der Waals surface area contributed by atoms with E-state index in [-0.39, 0.29) is 5.91 Å². The van der Waals surface area contributed by atoms with E-state index < -0.39 is 0 Å². The smallest absolute Gasteiger partial charge is 0.261 e.